The van der Waals surface area contributed by atoms with E-state index in [1.54, 1.807) is 0 Å². The lowest BCUT2D eigenvalue weighted by Crippen LogP contribution is -2.19. The van der Waals surface area contributed by atoms with Crippen molar-refractivity contribution in [2.45, 2.75) is 19.8 Å². The summed E-state index contributed by atoms with van der Waals surface area (Å²) in [4.78, 5) is 0. The molecular weight excluding hydrogens is 244 g/mol. The second-order valence-corrected chi connectivity index (χ2v) is 7.45. The monoisotopic (exact) mass is 268 g/mol. The Morgan fingerprint density at radius 3 is 2.19 bits per heavy atom. The molecule has 0 heterocycles. The van der Waals surface area contributed by atoms with Crippen molar-refractivity contribution in [3.8, 4) is 0 Å². The van der Waals surface area contributed by atoms with E-state index in [4.69, 9.17) is 11.5 Å². The molecule has 4 nitrogen and oxygen atoms in total. The maximum absolute atomic E-state index is 11.0. The predicted molar refractivity (Wildman–Crippen MR) is 72.5 cm³/mol. The SMILES string of the molecule is CCSCCN.NCCS(=O)(=O)CC1CC1. The quantitative estimate of drug-likeness (QED) is 0.655. The minimum atomic E-state index is -2.79. The first kappa shape index (κ1) is 16.2. The third-order valence-electron chi connectivity index (χ3n) is 2.08. The van der Waals surface area contributed by atoms with Crippen molar-refractivity contribution in [3.05, 3.63) is 0 Å². The predicted octanol–water partition coefficient (Wildman–Crippen LogP) is 0.468. The van der Waals surface area contributed by atoms with Crippen molar-refractivity contribution in [3.63, 3.8) is 0 Å². The number of hydrogen-bond acceptors (Lipinski definition) is 5. The van der Waals surface area contributed by atoms with Gasteiger partial charge in [-0.2, -0.15) is 11.8 Å². The second kappa shape index (κ2) is 9.27. The van der Waals surface area contributed by atoms with E-state index in [9.17, 15) is 8.42 Å². The second-order valence-electron chi connectivity index (χ2n) is 3.83. The fraction of sp³-hybridized carbons (Fsp3) is 1.00. The van der Waals surface area contributed by atoms with E-state index >= 15 is 0 Å². The van der Waals surface area contributed by atoms with E-state index in [2.05, 4.69) is 6.92 Å². The van der Waals surface area contributed by atoms with E-state index in [1.807, 2.05) is 11.8 Å². The van der Waals surface area contributed by atoms with Gasteiger partial charge in [0.25, 0.3) is 0 Å². The summed E-state index contributed by atoms with van der Waals surface area (Å²) in [5.41, 5.74) is 10.3. The van der Waals surface area contributed by atoms with E-state index in [1.165, 1.54) is 5.75 Å². The van der Waals surface area contributed by atoms with Gasteiger partial charge >= 0.3 is 0 Å². The van der Waals surface area contributed by atoms with Crippen molar-refractivity contribution in [2.24, 2.45) is 17.4 Å². The van der Waals surface area contributed by atoms with Crippen LogP contribution in [-0.2, 0) is 9.84 Å². The van der Waals surface area contributed by atoms with Crippen molar-refractivity contribution in [1.82, 2.24) is 0 Å². The van der Waals surface area contributed by atoms with E-state index < -0.39 is 9.84 Å². The van der Waals surface area contributed by atoms with E-state index in [0.717, 1.165) is 25.1 Å². The zero-order valence-corrected chi connectivity index (χ0v) is 11.7. The summed E-state index contributed by atoms with van der Waals surface area (Å²) in [5, 5.41) is 0. The topological polar surface area (TPSA) is 86.2 Å². The van der Waals surface area contributed by atoms with Crippen LogP contribution in [-0.4, -0.2) is 44.5 Å². The minimum Gasteiger partial charge on any atom is -0.330 e. The molecule has 0 radical (unpaired) electrons. The van der Waals surface area contributed by atoms with E-state index in [0.29, 0.717) is 11.7 Å². The molecule has 6 heteroatoms. The van der Waals surface area contributed by atoms with Gasteiger partial charge in [-0.3, -0.25) is 0 Å². The summed E-state index contributed by atoms with van der Waals surface area (Å²) < 4.78 is 22.0. The average Bonchev–Trinajstić information content (AvgIpc) is 2.98. The summed E-state index contributed by atoms with van der Waals surface area (Å²) in [7, 11) is -2.79. The van der Waals surface area contributed by atoms with Gasteiger partial charge in [-0.15, -0.1) is 0 Å². The molecule has 1 rings (SSSR count). The molecule has 1 aliphatic rings. The minimum absolute atomic E-state index is 0.156. The van der Waals surface area contributed by atoms with Gasteiger partial charge in [0, 0.05) is 18.8 Å². The Hall–Kier alpha value is 0.220. The molecule has 0 saturated heterocycles. The fourth-order valence-corrected chi connectivity index (χ4v) is 3.17. The van der Waals surface area contributed by atoms with Crippen molar-refractivity contribution in [1.29, 1.82) is 0 Å². The Morgan fingerprint density at radius 2 is 1.88 bits per heavy atom. The normalized spacial score (nSPS) is 15.4. The molecule has 0 aromatic carbocycles. The molecule has 0 bridgehead atoms. The molecule has 0 unspecified atom stereocenters. The molecule has 0 aliphatic heterocycles. The molecule has 1 aliphatic carbocycles. The van der Waals surface area contributed by atoms with Crippen LogP contribution in [0.15, 0.2) is 0 Å². The third-order valence-corrected chi connectivity index (χ3v) is 4.85. The van der Waals surface area contributed by atoms with Gasteiger partial charge in [0.2, 0.25) is 0 Å². The van der Waals surface area contributed by atoms with Crippen LogP contribution in [0.1, 0.15) is 19.8 Å². The lowest BCUT2D eigenvalue weighted by atomic mass is 10.5. The Kier molecular flexibility index (Phi) is 9.40. The van der Waals surface area contributed by atoms with Crippen molar-refractivity contribution in [2.75, 3.05) is 36.1 Å². The summed E-state index contributed by atoms with van der Waals surface area (Å²) in [6, 6.07) is 0. The highest BCUT2D eigenvalue weighted by Crippen LogP contribution is 2.30. The number of rotatable bonds is 7. The van der Waals surface area contributed by atoms with Gasteiger partial charge in [0.15, 0.2) is 9.84 Å². The average molecular weight is 268 g/mol. The summed E-state index contributed by atoms with van der Waals surface area (Å²) >= 11 is 1.88. The van der Waals surface area contributed by atoms with Gasteiger partial charge < -0.3 is 11.5 Å². The van der Waals surface area contributed by atoms with Crippen LogP contribution in [0.4, 0.5) is 0 Å². The van der Waals surface area contributed by atoms with Crippen molar-refractivity contribution >= 4 is 21.6 Å². The number of nitrogens with two attached hydrogens (primary N) is 2. The van der Waals surface area contributed by atoms with Crippen LogP contribution < -0.4 is 11.5 Å². The van der Waals surface area contributed by atoms with Crippen LogP contribution in [0.25, 0.3) is 0 Å². The van der Waals surface area contributed by atoms with Crippen LogP contribution in [0.3, 0.4) is 0 Å². The number of sulfone groups is 1. The highest BCUT2D eigenvalue weighted by Gasteiger charge is 2.27. The Bertz CT molecular complexity index is 248. The number of thioether (sulfide) groups is 1. The highest BCUT2D eigenvalue weighted by atomic mass is 32.2. The molecule has 1 saturated carbocycles. The van der Waals surface area contributed by atoms with Gasteiger partial charge in [-0.25, -0.2) is 8.42 Å². The van der Waals surface area contributed by atoms with Gasteiger partial charge in [0.05, 0.1) is 11.5 Å². The standard InChI is InChI=1S/C6H13NO2S.C4H11NS/c7-3-4-10(8,9)5-6-1-2-6;1-2-6-4-3-5/h6H,1-5,7H2;2-5H2,1H3. The smallest absolute Gasteiger partial charge is 0.151 e. The zero-order chi connectivity index (χ0) is 12.4. The Morgan fingerprint density at radius 1 is 1.25 bits per heavy atom. The molecule has 4 N–H and O–H groups in total. The van der Waals surface area contributed by atoms with Crippen LogP contribution >= 0.6 is 11.8 Å². The fourth-order valence-electron chi connectivity index (χ4n) is 1.13. The number of hydrogen-bond donors (Lipinski definition) is 2. The molecule has 16 heavy (non-hydrogen) atoms. The first-order chi connectivity index (χ1) is 7.55. The lowest BCUT2D eigenvalue weighted by Gasteiger charge is -1.98. The summed E-state index contributed by atoms with van der Waals surface area (Å²) in [5.74, 6) is 3.28. The third kappa shape index (κ3) is 10.7. The van der Waals surface area contributed by atoms with Crippen LogP contribution in [0.5, 0.6) is 0 Å². The molecular formula is C10H24N2O2S2. The van der Waals surface area contributed by atoms with Crippen LogP contribution in [0.2, 0.25) is 0 Å². The first-order valence-electron chi connectivity index (χ1n) is 5.74. The summed E-state index contributed by atoms with van der Waals surface area (Å²) in [6.45, 7) is 3.22. The summed E-state index contributed by atoms with van der Waals surface area (Å²) in [6.07, 6.45) is 2.17. The molecule has 0 aromatic rings. The Balaban J connectivity index is 0.000000325. The van der Waals surface area contributed by atoms with Crippen molar-refractivity contribution < 1.29 is 8.42 Å². The lowest BCUT2D eigenvalue weighted by molar-refractivity contribution is 0.592. The molecule has 1 fully saturated rings. The van der Waals surface area contributed by atoms with Gasteiger partial charge in [-0.1, -0.05) is 6.92 Å². The molecule has 0 spiro atoms. The zero-order valence-electron chi connectivity index (χ0n) is 10.0. The highest BCUT2D eigenvalue weighted by molar-refractivity contribution is 7.99. The van der Waals surface area contributed by atoms with Crippen LogP contribution in [0, 0.1) is 5.92 Å². The van der Waals surface area contributed by atoms with E-state index in [-0.39, 0.29) is 12.3 Å². The molecule has 0 atom stereocenters. The van der Waals surface area contributed by atoms with Gasteiger partial charge in [-0.05, 0) is 24.5 Å². The maximum atomic E-state index is 11.0. The first-order valence-corrected chi connectivity index (χ1v) is 8.71. The molecule has 0 aromatic heterocycles. The molecule has 98 valence electrons. The maximum Gasteiger partial charge on any atom is 0.151 e. The largest absolute Gasteiger partial charge is 0.330 e. The Labute approximate surface area is 103 Å². The van der Waals surface area contributed by atoms with Gasteiger partial charge in [0.1, 0.15) is 0 Å². The molecule has 0 amide bonds.